The van der Waals surface area contributed by atoms with Crippen molar-refractivity contribution in [3.63, 3.8) is 0 Å². The van der Waals surface area contributed by atoms with Crippen LogP contribution in [0.2, 0.25) is 0 Å². The van der Waals surface area contributed by atoms with Gasteiger partial charge in [-0.15, -0.1) is 0 Å². The van der Waals surface area contributed by atoms with Crippen LogP contribution in [0.1, 0.15) is 52.7 Å². The zero-order valence-electron chi connectivity index (χ0n) is 14.4. The molecule has 0 N–H and O–H groups in total. The first-order chi connectivity index (χ1) is 10.2. The molecule has 0 saturated heterocycles. The van der Waals surface area contributed by atoms with E-state index in [1.165, 1.54) is 11.1 Å². The summed E-state index contributed by atoms with van der Waals surface area (Å²) in [7, 11) is 0. The molecule has 0 aliphatic heterocycles. The van der Waals surface area contributed by atoms with Crippen LogP contribution in [-0.4, -0.2) is 9.97 Å². The van der Waals surface area contributed by atoms with Gasteiger partial charge in [0, 0.05) is 23.2 Å². The lowest BCUT2D eigenvalue weighted by molar-refractivity contribution is 0.588. The van der Waals surface area contributed by atoms with E-state index in [0.717, 1.165) is 21.8 Å². The van der Waals surface area contributed by atoms with Crippen LogP contribution in [0.5, 0.6) is 0 Å². The average Bonchev–Trinajstić information content (AvgIpc) is 2.44. The van der Waals surface area contributed by atoms with E-state index in [4.69, 9.17) is 9.97 Å². The number of nitrogens with zero attached hydrogens (tertiary/aromatic N) is 2. The molecule has 3 aromatic rings. The fourth-order valence-corrected chi connectivity index (χ4v) is 2.61. The van der Waals surface area contributed by atoms with Crippen molar-refractivity contribution in [2.45, 2.75) is 52.4 Å². The van der Waals surface area contributed by atoms with Gasteiger partial charge in [0.05, 0.1) is 11.0 Å². The minimum absolute atomic E-state index is 0.111. The Morgan fingerprint density at radius 2 is 1.00 bits per heavy atom. The summed E-state index contributed by atoms with van der Waals surface area (Å²) in [5, 5.41) is 2.33. The molecule has 22 heavy (non-hydrogen) atoms. The van der Waals surface area contributed by atoms with Crippen LogP contribution in [0.3, 0.4) is 0 Å². The minimum atomic E-state index is 0.111. The monoisotopic (exact) mass is 292 g/mol. The first kappa shape index (κ1) is 15.0. The first-order valence-corrected chi connectivity index (χ1v) is 7.86. The van der Waals surface area contributed by atoms with E-state index in [1.807, 2.05) is 12.4 Å². The number of pyridine rings is 2. The molecule has 2 nitrogen and oxygen atoms in total. The van der Waals surface area contributed by atoms with Crippen molar-refractivity contribution in [2.24, 2.45) is 0 Å². The van der Waals surface area contributed by atoms with Gasteiger partial charge in [-0.25, -0.2) is 0 Å². The number of rotatable bonds is 0. The molecule has 0 unspecified atom stereocenters. The van der Waals surface area contributed by atoms with Gasteiger partial charge in [-0.3, -0.25) is 9.97 Å². The quantitative estimate of drug-likeness (QED) is 0.520. The Balaban J connectivity index is 2.24. The molecule has 0 radical (unpaired) electrons. The number of benzene rings is 1. The fraction of sp³-hybridized carbons (Fsp3) is 0.400. The highest BCUT2D eigenvalue weighted by Gasteiger charge is 2.17. The second-order valence-electron chi connectivity index (χ2n) is 8.16. The molecule has 1 aromatic carbocycles. The summed E-state index contributed by atoms with van der Waals surface area (Å²) >= 11 is 0. The van der Waals surface area contributed by atoms with E-state index in [0.29, 0.717) is 0 Å². The predicted octanol–water partition coefficient (Wildman–Crippen LogP) is 5.38. The number of aromatic nitrogens is 2. The molecule has 0 spiro atoms. The highest BCUT2D eigenvalue weighted by Crippen LogP contribution is 2.30. The Morgan fingerprint density at radius 3 is 1.32 bits per heavy atom. The van der Waals surface area contributed by atoms with Crippen LogP contribution in [0, 0.1) is 0 Å². The van der Waals surface area contributed by atoms with E-state index in [9.17, 15) is 0 Å². The molecule has 0 saturated carbocycles. The molecule has 0 bridgehead atoms. The van der Waals surface area contributed by atoms with Gasteiger partial charge in [0.25, 0.3) is 0 Å². The Kier molecular flexibility index (Phi) is 3.24. The molecule has 0 aliphatic carbocycles. The van der Waals surface area contributed by atoms with Gasteiger partial charge in [0.15, 0.2) is 0 Å². The molecular weight excluding hydrogens is 268 g/mol. The minimum Gasteiger partial charge on any atom is -0.254 e. The van der Waals surface area contributed by atoms with Crippen LogP contribution in [0.4, 0.5) is 0 Å². The molecule has 2 heteroatoms. The van der Waals surface area contributed by atoms with Crippen LogP contribution >= 0.6 is 0 Å². The van der Waals surface area contributed by atoms with Gasteiger partial charge in [0.2, 0.25) is 0 Å². The van der Waals surface area contributed by atoms with E-state index in [-0.39, 0.29) is 10.8 Å². The molecule has 3 rings (SSSR count). The van der Waals surface area contributed by atoms with Gasteiger partial charge in [-0.2, -0.15) is 0 Å². The van der Waals surface area contributed by atoms with Crippen LogP contribution < -0.4 is 0 Å². The average molecular weight is 292 g/mol. The predicted molar refractivity (Wildman–Crippen MR) is 94.4 cm³/mol. The second-order valence-corrected chi connectivity index (χ2v) is 8.16. The van der Waals surface area contributed by atoms with Crippen LogP contribution in [-0.2, 0) is 10.8 Å². The molecule has 0 aliphatic rings. The summed E-state index contributed by atoms with van der Waals surface area (Å²) in [6.07, 6.45) is 3.97. The molecule has 0 fully saturated rings. The third-order valence-electron chi connectivity index (χ3n) is 4.23. The van der Waals surface area contributed by atoms with Gasteiger partial charge in [0.1, 0.15) is 0 Å². The van der Waals surface area contributed by atoms with E-state index in [2.05, 4.69) is 65.8 Å². The standard InChI is InChI=1S/C20H24N2/c1-19(2,3)15-9-13-7-8-14-10-16(20(4,5)6)12-22-18(14)17(13)21-11-15/h7-12H,1-6H3. The molecule has 0 amide bonds. The molecule has 2 heterocycles. The lowest BCUT2D eigenvalue weighted by Gasteiger charge is -2.20. The number of hydrogen-bond donors (Lipinski definition) is 0. The van der Waals surface area contributed by atoms with Crippen molar-refractivity contribution in [2.75, 3.05) is 0 Å². The van der Waals surface area contributed by atoms with E-state index >= 15 is 0 Å². The number of hydrogen-bond acceptors (Lipinski definition) is 2. The van der Waals surface area contributed by atoms with Gasteiger partial charge in [-0.05, 0) is 34.1 Å². The molecule has 114 valence electrons. The smallest absolute Gasteiger partial charge is 0.0964 e. The zero-order chi connectivity index (χ0) is 16.1. The Morgan fingerprint density at radius 1 is 0.636 bits per heavy atom. The van der Waals surface area contributed by atoms with Crippen molar-refractivity contribution in [1.29, 1.82) is 0 Å². The van der Waals surface area contributed by atoms with Crippen molar-refractivity contribution in [3.8, 4) is 0 Å². The van der Waals surface area contributed by atoms with Gasteiger partial charge >= 0.3 is 0 Å². The highest BCUT2D eigenvalue weighted by molar-refractivity contribution is 6.02. The van der Waals surface area contributed by atoms with Crippen molar-refractivity contribution in [1.82, 2.24) is 9.97 Å². The Bertz CT molecular complexity index is 776. The van der Waals surface area contributed by atoms with Crippen molar-refractivity contribution < 1.29 is 0 Å². The Labute approximate surface area is 132 Å². The lowest BCUT2D eigenvalue weighted by Crippen LogP contribution is -2.12. The SMILES string of the molecule is CC(C)(C)c1cnc2c(ccc3cc(C(C)(C)C)cnc32)c1. The van der Waals surface area contributed by atoms with Gasteiger partial charge < -0.3 is 0 Å². The van der Waals surface area contributed by atoms with E-state index < -0.39 is 0 Å². The third kappa shape index (κ3) is 2.58. The van der Waals surface area contributed by atoms with Crippen LogP contribution in [0.25, 0.3) is 21.8 Å². The van der Waals surface area contributed by atoms with Crippen molar-refractivity contribution in [3.05, 3.63) is 47.8 Å². The van der Waals surface area contributed by atoms with Crippen LogP contribution in [0.15, 0.2) is 36.7 Å². The maximum atomic E-state index is 4.71. The largest absolute Gasteiger partial charge is 0.254 e. The summed E-state index contributed by atoms with van der Waals surface area (Å²) in [6.45, 7) is 13.3. The summed E-state index contributed by atoms with van der Waals surface area (Å²) in [6, 6.07) is 8.80. The normalized spacial score (nSPS) is 13.0. The van der Waals surface area contributed by atoms with E-state index in [1.54, 1.807) is 0 Å². The topological polar surface area (TPSA) is 25.8 Å². The second kappa shape index (κ2) is 4.77. The summed E-state index contributed by atoms with van der Waals surface area (Å²) in [5.74, 6) is 0. The molecule has 0 atom stereocenters. The van der Waals surface area contributed by atoms with Crippen molar-refractivity contribution >= 4 is 21.8 Å². The highest BCUT2D eigenvalue weighted by atomic mass is 14.7. The molecular formula is C20H24N2. The Hall–Kier alpha value is -1.96. The zero-order valence-corrected chi connectivity index (χ0v) is 14.4. The maximum absolute atomic E-state index is 4.71. The lowest BCUT2D eigenvalue weighted by atomic mass is 9.86. The number of fused-ring (bicyclic) bond motifs is 3. The summed E-state index contributed by atoms with van der Waals surface area (Å²) in [5.41, 5.74) is 4.72. The molecule has 2 aromatic heterocycles. The van der Waals surface area contributed by atoms with Gasteiger partial charge in [-0.1, -0.05) is 53.7 Å². The summed E-state index contributed by atoms with van der Waals surface area (Å²) < 4.78 is 0. The fourth-order valence-electron chi connectivity index (χ4n) is 2.61. The third-order valence-corrected chi connectivity index (χ3v) is 4.23. The maximum Gasteiger partial charge on any atom is 0.0964 e. The first-order valence-electron chi connectivity index (χ1n) is 7.86. The summed E-state index contributed by atoms with van der Waals surface area (Å²) in [4.78, 5) is 9.41.